The van der Waals surface area contributed by atoms with Crippen molar-refractivity contribution in [3.63, 3.8) is 0 Å². The smallest absolute Gasteiger partial charge is 0.291 e. The van der Waals surface area contributed by atoms with Gasteiger partial charge in [0.1, 0.15) is 5.82 Å². The highest BCUT2D eigenvalue weighted by atomic mass is 16.3. The molecule has 7 heteroatoms. The minimum absolute atomic E-state index is 0.00257. The summed E-state index contributed by atoms with van der Waals surface area (Å²) in [5, 5.41) is 27.1. The standard InChI is InChI=1S/C9H16N4O3/c1-3-9(4-14,5-15)11-8(16)7-10-6(2)12-13-7/h14-15H,3-5H2,1-2H3,(H,11,16)(H,10,12,13). The van der Waals surface area contributed by atoms with Crippen LogP contribution in [0, 0.1) is 6.92 Å². The van der Waals surface area contributed by atoms with Crippen LogP contribution in [0.2, 0.25) is 0 Å². The first-order valence-electron chi connectivity index (χ1n) is 5.00. The molecule has 1 aromatic rings. The molecule has 0 aliphatic rings. The minimum Gasteiger partial charge on any atom is -0.394 e. The highest BCUT2D eigenvalue weighted by Crippen LogP contribution is 2.09. The molecule has 0 aromatic carbocycles. The number of nitrogens with zero attached hydrogens (tertiary/aromatic N) is 2. The Morgan fingerprint density at radius 1 is 1.50 bits per heavy atom. The molecule has 0 aliphatic heterocycles. The predicted molar refractivity (Wildman–Crippen MR) is 55.8 cm³/mol. The number of aliphatic hydroxyl groups excluding tert-OH is 2. The van der Waals surface area contributed by atoms with E-state index in [1.165, 1.54) is 0 Å². The highest BCUT2D eigenvalue weighted by molar-refractivity contribution is 5.90. The third-order valence-corrected chi connectivity index (χ3v) is 2.46. The number of aromatic amines is 1. The molecule has 4 N–H and O–H groups in total. The maximum Gasteiger partial charge on any atom is 0.291 e. The van der Waals surface area contributed by atoms with Crippen LogP contribution in [0.4, 0.5) is 0 Å². The van der Waals surface area contributed by atoms with Gasteiger partial charge in [-0.05, 0) is 13.3 Å². The van der Waals surface area contributed by atoms with Gasteiger partial charge in [-0.25, -0.2) is 4.98 Å². The van der Waals surface area contributed by atoms with Crippen molar-refractivity contribution in [1.29, 1.82) is 0 Å². The van der Waals surface area contributed by atoms with E-state index in [1.54, 1.807) is 13.8 Å². The molecule has 0 fully saturated rings. The summed E-state index contributed by atoms with van der Waals surface area (Å²) in [5.74, 6) is 0.00627. The van der Waals surface area contributed by atoms with Gasteiger partial charge in [0.25, 0.3) is 5.91 Å². The summed E-state index contributed by atoms with van der Waals surface area (Å²) < 4.78 is 0. The van der Waals surface area contributed by atoms with Crippen molar-refractivity contribution < 1.29 is 15.0 Å². The lowest BCUT2D eigenvalue weighted by Gasteiger charge is -2.28. The van der Waals surface area contributed by atoms with Crippen molar-refractivity contribution in [3.8, 4) is 0 Å². The summed E-state index contributed by atoms with van der Waals surface area (Å²) in [5.41, 5.74) is -1.02. The summed E-state index contributed by atoms with van der Waals surface area (Å²) >= 11 is 0. The second-order valence-electron chi connectivity index (χ2n) is 3.65. The molecule has 0 atom stereocenters. The van der Waals surface area contributed by atoms with Gasteiger partial charge in [-0.1, -0.05) is 6.92 Å². The minimum atomic E-state index is -1.02. The van der Waals surface area contributed by atoms with Gasteiger partial charge in [0.15, 0.2) is 0 Å². The normalized spacial score (nSPS) is 11.5. The summed E-state index contributed by atoms with van der Waals surface area (Å²) in [4.78, 5) is 15.5. The third kappa shape index (κ3) is 2.56. The monoisotopic (exact) mass is 228 g/mol. The van der Waals surface area contributed by atoms with Crippen molar-refractivity contribution >= 4 is 5.91 Å². The molecule has 90 valence electrons. The van der Waals surface area contributed by atoms with Crippen LogP contribution in [-0.4, -0.2) is 50.1 Å². The molecule has 1 rings (SSSR count). The zero-order valence-corrected chi connectivity index (χ0v) is 9.32. The Labute approximate surface area is 92.9 Å². The second kappa shape index (κ2) is 5.04. The number of nitrogens with one attached hydrogen (secondary N) is 2. The SMILES string of the molecule is CCC(CO)(CO)NC(=O)c1n[nH]c(C)n1. The first-order valence-corrected chi connectivity index (χ1v) is 5.00. The van der Waals surface area contributed by atoms with Crippen LogP contribution in [0.5, 0.6) is 0 Å². The molecular formula is C9H16N4O3. The molecule has 1 aromatic heterocycles. The molecule has 7 nitrogen and oxygen atoms in total. The number of H-pyrrole nitrogens is 1. The summed E-state index contributed by atoms with van der Waals surface area (Å²) in [6.07, 6.45) is 0.412. The lowest BCUT2D eigenvalue weighted by molar-refractivity contribution is 0.0645. The molecule has 0 spiro atoms. The van der Waals surface area contributed by atoms with E-state index >= 15 is 0 Å². The summed E-state index contributed by atoms with van der Waals surface area (Å²) in [6.45, 7) is 2.76. The maximum atomic E-state index is 11.7. The van der Waals surface area contributed by atoms with E-state index in [4.69, 9.17) is 10.2 Å². The zero-order valence-electron chi connectivity index (χ0n) is 9.32. The van der Waals surface area contributed by atoms with E-state index in [0.717, 1.165) is 0 Å². The number of hydrogen-bond donors (Lipinski definition) is 4. The number of rotatable bonds is 5. The van der Waals surface area contributed by atoms with Crippen molar-refractivity contribution in [3.05, 3.63) is 11.6 Å². The van der Waals surface area contributed by atoms with E-state index < -0.39 is 11.4 Å². The fourth-order valence-electron chi connectivity index (χ4n) is 1.18. The summed E-state index contributed by atoms with van der Waals surface area (Å²) in [7, 11) is 0. The van der Waals surface area contributed by atoms with Gasteiger partial charge in [0.2, 0.25) is 5.82 Å². The van der Waals surface area contributed by atoms with Gasteiger partial charge in [0.05, 0.1) is 18.8 Å². The van der Waals surface area contributed by atoms with Gasteiger partial charge in [-0.3, -0.25) is 9.89 Å². The van der Waals surface area contributed by atoms with Crippen LogP contribution >= 0.6 is 0 Å². The lowest BCUT2D eigenvalue weighted by atomic mass is 9.98. The van der Waals surface area contributed by atoms with Crippen molar-refractivity contribution in [1.82, 2.24) is 20.5 Å². The van der Waals surface area contributed by atoms with Crippen LogP contribution in [-0.2, 0) is 0 Å². The maximum absolute atomic E-state index is 11.7. The Morgan fingerprint density at radius 3 is 2.50 bits per heavy atom. The Bertz CT molecular complexity index is 351. The number of aryl methyl sites for hydroxylation is 1. The molecular weight excluding hydrogens is 212 g/mol. The Balaban J connectivity index is 2.76. The number of carbonyl (C=O) groups is 1. The number of amides is 1. The molecule has 1 heterocycles. The van der Waals surface area contributed by atoms with Gasteiger partial charge < -0.3 is 15.5 Å². The predicted octanol–water partition coefficient (Wildman–Crippen LogP) is -1.02. The lowest BCUT2D eigenvalue weighted by Crippen LogP contribution is -2.54. The molecule has 0 saturated heterocycles. The van der Waals surface area contributed by atoms with E-state index in [1.807, 2.05) is 0 Å². The molecule has 16 heavy (non-hydrogen) atoms. The van der Waals surface area contributed by atoms with E-state index in [9.17, 15) is 4.79 Å². The summed E-state index contributed by atoms with van der Waals surface area (Å²) in [6, 6.07) is 0. The molecule has 0 bridgehead atoms. The highest BCUT2D eigenvalue weighted by Gasteiger charge is 2.30. The number of carbonyl (C=O) groups excluding carboxylic acids is 1. The van der Waals surface area contributed by atoms with E-state index in [-0.39, 0.29) is 19.0 Å². The van der Waals surface area contributed by atoms with Crippen LogP contribution in [0.15, 0.2) is 0 Å². The van der Waals surface area contributed by atoms with E-state index in [2.05, 4.69) is 20.5 Å². The fraction of sp³-hybridized carbons (Fsp3) is 0.667. The number of aromatic nitrogens is 3. The van der Waals surface area contributed by atoms with Crippen LogP contribution in [0.3, 0.4) is 0 Å². The van der Waals surface area contributed by atoms with Gasteiger partial charge >= 0.3 is 0 Å². The molecule has 0 saturated carbocycles. The van der Waals surface area contributed by atoms with E-state index in [0.29, 0.717) is 12.2 Å². The molecule has 0 aliphatic carbocycles. The largest absolute Gasteiger partial charge is 0.394 e. The van der Waals surface area contributed by atoms with Crippen molar-refractivity contribution in [2.24, 2.45) is 0 Å². The Hall–Kier alpha value is -1.47. The quantitative estimate of drug-likeness (QED) is 0.515. The first kappa shape index (κ1) is 12.6. The number of hydrogen-bond acceptors (Lipinski definition) is 5. The van der Waals surface area contributed by atoms with Crippen LogP contribution in [0.1, 0.15) is 29.8 Å². The number of aliphatic hydroxyl groups is 2. The van der Waals surface area contributed by atoms with Crippen LogP contribution < -0.4 is 5.32 Å². The fourth-order valence-corrected chi connectivity index (χ4v) is 1.18. The average molecular weight is 228 g/mol. The van der Waals surface area contributed by atoms with Gasteiger partial charge in [-0.15, -0.1) is 5.10 Å². The molecule has 1 amide bonds. The molecule has 0 radical (unpaired) electrons. The van der Waals surface area contributed by atoms with Gasteiger partial charge in [0, 0.05) is 0 Å². The third-order valence-electron chi connectivity index (χ3n) is 2.46. The Kier molecular flexibility index (Phi) is 3.97. The topological polar surface area (TPSA) is 111 Å². The molecule has 0 unspecified atom stereocenters. The average Bonchev–Trinajstić information content (AvgIpc) is 2.73. The van der Waals surface area contributed by atoms with Crippen molar-refractivity contribution in [2.75, 3.05) is 13.2 Å². The van der Waals surface area contributed by atoms with Crippen LogP contribution in [0.25, 0.3) is 0 Å². The van der Waals surface area contributed by atoms with Gasteiger partial charge in [-0.2, -0.15) is 0 Å². The second-order valence-corrected chi connectivity index (χ2v) is 3.65. The Morgan fingerprint density at radius 2 is 2.12 bits per heavy atom. The first-order chi connectivity index (χ1) is 7.56. The zero-order chi connectivity index (χ0) is 12.2. The van der Waals surface area contributed by atoms with Crippen molar-refractivity contribution in [2.45, 2.75) is 25.8 Å².